The normalized spacial score (nSPS) is 46.3. The molecular weight excluding hydrogens is 252 g/mol. The molecule has 0 heterocycles. The van der Waals surface area contributed by atoms with Crippen LogP contribution in [-0.4, -0.2) is 0 Å². The van der Waals surface area contributed by atoms with E-state index in [1.54, 1.807) is 0 Å². The first-order valence-corrected chi connectivity index (χ1v) is 9.63. The molecule has 1 aromatic carbocycles. The molecule has 6 aliphatic rings. The Hall–Kier alpha value is -0.780. The lowest BCUT2D eigenvalue weighted by molar-refractivity contribution is 0.633. The van der Waals surface area contributed by atoms with E-state index in [0.717, 1.165) is 35.5 Å². The summed E-state index contributed by atoms with van der Waals surface area (Å²) >= 11 is 0. The quantitative estimate of drug-likeness (QED) is 0.563. The molecule has 0 aliphatic heterocycles. The maximum Gasteiger partial charge on any atom is -0.0150 e. The maximum absolute atomic E-state index is 1.97. The lowest BCUT2D eigenvalue weighted by Gasteiger charge is -2.32. The highest BCUT2D eigenvalue weighted by Gasteiger charge is 2.53. The van der Waals surface area contributed by atoms with Crippen molar-refractivity contribution in [1.29, 1.82) is 0 Å². The highest BCUT2D eigenvalue weighted by atomic mass is 14.6. The van der Waals surface area contributed by atoms with Crippen molar-refractivity contribution >= 4 is 0 Å². The first-order chi connectivity index (χ1) is 10.4. The van der Waals surface area contributed by atoms with Gasteiger partial charge in [-0.25, -0.2) is 0 Å². The van der Waals surface area contributed by atoms with Gasteiger partial charge in [-0.2, -0.15) is 0 Å². The highest BCUT2D eigenvalue weighted by molar-refractivity contribution is 5.66. The summed E-state index contributed by atoms with van der Waals surface area (Å²) in [6, 6.07) is 0. The van der Waals surface area contributed by atoms with Crippen molar-refractivity contribution in [3.63, 3.8) is 0 Å². The molecule has 1 aromatic rings. The van der Waals surface area contributed by atoms with Gasteiger partial charge in [0.25, 0.3) is 0 Å². The molecule has 7 rings (SSSR count). The average Bonchev–Trinajstić information content (AvgIpc) is 3.34. The van der Waals surface area contributed by atoms with E-state index in [0.29, 0.717) is 0 Å². The molecule has 21 heavy (non-hydrogen) atoms. The molecule has 0 spiro atoms. The van der Waals surface area contributed by atoms with Gasteiger partial charge in [-0.15, -0.1) is 0 Å². The van der Waals surface area contributed by atoms with Crippen molar-refractivity contribution in [1.82, 2.24) is 0 Å². The van der Waals surface area contributed by atoms with Crippen LogP contribution in [0.25, 0.3) is 0 Å². The van der Waals surface area contributed by atoms with Gasteiger partial charge in [-0.3, -0.25) is 0 Å². The molecule has 0 N–H and O–H groups in total. The van der Waals surface area contributed by atoms with Gasteiger partial charge in [0.05, 0.1) is 0 Å². The molecule has 0 nitrogen and oxygen atoms in total. The highest BCUT2D eigenvalue weighted by Crippen LogP contribution is 2.69. The van der Waals surface area contributed by atoms with E-state index in [1.807, 2.05) is 33.4 Å². The van der Waals surface area contributed by atoms with Crippen LogP contribution in [0.2, 0.25) is 0 Å². The SMILES string of the molecule is C1C[C@H]2C[C@@H]1c1c3c(c4c(c12)[C@@H]1CC[C@H]4C1)[C@H]1CC[C@@H]3C1. The molecule has 6 aliphatic carbocycles. The number of fused-ring (bicyclic) bond motifs is 18. The van der Waals surface area contributed by atoms with Crippen LogP contribution in [0.3, 0.4) is 0 Å². The van der Waals surface area contributed by atoms with E-state index in [9.17, 15) is 0 Å². The third kappa shape index (κ3) is 1.03. The summed E-state index contributed by atoms with van der Waals surface area (Å²) in [5.41, 5.74) is 11.8. The first kappa shape index (κ1) is 10.9. The Morgan fingerprint density at radius 1 is 0.333 bits per heavy atom. The molecule has 3 saturated carbocycles. The number of hydrogen-bond donors (Lipinski definition) is 0. The van der Waals surface area contributed by atoms with Crippen LogP contribution in [0.5, 0.6) is 0 Å². The van der Waals surface area contributed by atoms with E-state index in [1.165, 1.54) is 57.8 Å². The summed E-state index contributed by atoms with van der Waals surface area (Å²) < 4.78 is 0. The van der Waals surface area contributed by atoms with E-state index >= 15 is 0 Å². The van der Waals surface area contributed by atoms with E-state index in [-0.39, 0.29) is 0 Å². The van der Waals surface area contributed by atoms with Gasteiger partial charge in [-0.1, -0.05) is 0 Å². The van der Waals surface area contributed by atoms with Crippen LogP contribution in [0.15, 0.2) is 0 Å². The molecule has 0 saturated heterocycles. The summed E-state index contributed by atoms with van der Waals surface area (Å²) in [4.78, 5) is 0. The van der Waals surface area contributed by atoms with E-state index in [4.69, 9.17) is 0 Å². The fraction of sp³-hybridized carbons (Fsp3) is 0.714. The van der Waals surface area contributed by atoms with Gasteiger partial charge in [0.15, 0.2) is 0 Å². The Balaban J connectivity index is 1.65. The van der Waals surface area contributed by atoms with Crippen molar-refractivity contribution in [3.8, 4) is 0 Å². The third-order valence-corrected chi connectivity index (χ3v) is 8.49. The molecule has 108 valence electrons. The first-order valence-electron chi connectivity index (χ1n) is 9.63. The molecule has 6 bridgehead atoms. The second-order valence-electron chi connectivity index (χ2n) is 9.10. The minimum Gasteiger partial charge on any atom is -0.0457 e. The van der Waals surface area contributed by atoms with Crippen LogP contribution < -0.4 is 0 Å². The summed E-state index contributed by atoms with van der Waals surface area (Å²) in [5.74, 6) is 5.93. The van der Waals surface area contributed by atoms with Crippen LogP contribution in [0.1, 0.15) is 127 Å². The van der Waals surface area contributed by atoms with Crippen molar-refractivity contribution in [2.24, 2.45) is 0 Å². The van der Waals surface area contributed by atoms with Crippen molar-refractivity contribution in [3.05, 3.63) is 33.4 Å². The number of benzene rings is 1. The maximum atomic E-state index is 1.97. The average molecular weight is 276 g/mol. The smallest absolute Gasteiger partial charge is 0.0150 e. The fourth-order valence-electron chi connectivity index (χ4n) is 8.03. The Labute approximate surface area is 127 Å². The predicted octanol–water partition coefficient (Wildman–Crippen LogP) is 5.78. The predicted molar refractivity (Wildman–Crippen MR) is 84.4 cm³/mol. The third-order valence-electron chi connectivity index (χ3n) is 8.49. The van der Waals surface area contributed by atoms with Crippen LogP contribution >= 0.6 is 0 Å². The monoisotopic (exact) mass is 276 g/mol. The Morgan fingerprint density at radius 2 is 0.524 bits per heavy atom. The van der Waals surface area contributed by atoms with E-state index < -0.39 is 0 Å². The topological polar surface area (TPSA) is 0 Å². The Bertz CT molecular complexity index is 525. The van der Waals surface area contributed by atoms with Gasteiger partial charge in [0.1, 0.15) is 0 Å². The molecular formula is C21H24. The van der Waals surface area contributed by atoms with Crippen LogP contribution in [0, 0.1) is 0 Å². The Morgan fingerprint density at radius 3 is 0.714 bits per heavy atom. The zero-order valence-corrected chi connectivity index (χ0v) is 12.8. The zero-order chi connectivity index (χ0) is 13.3. The van der Waals surface area contributed by atoms with Gasteiger partial charge in [0.2, 0.25) is 0 Å². The van der Waals surface area contributed by atoms with E-state index in [2.05, 4.69) is 0 Å². The summed E-state index contributed by atoms with van der Waals surface area (Å²) in [6.45, 7) is 0. The van der Waals surface area contributed by atoms with Gasteiger partial charge >= 0.3 is 0 Å². The molecule has 0 amide bonds. The largest absolute Gasteiger partial charge is 0.0457 e. The Kier molecular flexibility index (Phi) is 1.69. The molecule has 0 heteroatoms. The van der Waals surface area contributed by atoms with Gasteiger partial charge < -0.3 is 0 Å². The van der Waals surface area contributed by atoms with Crippen molar-refractivity contribution in [2.75, 3.05) is 0 Å². The van der Waals surface area contributed by atoms with Gasteiger partial charge in [0, 0.05) is 0 Å². The summed E-state index contributed by atoms with van der Waals surface area (Å²) in [7, 11) is 0. The standard InChI is InChI=1S/C21H24/c1-2-11-7-10(1)16-17(11)19-13-5-6-15(9-13)21(19)20-14-4-3-12(8-14)18(16)20/h10-15H,1-9H2/t10-,11+,12-,13-,14+,15+. The second-order valence-corrected chi connectivity index (χ2v) is 9.10. The fourth-order valence-corrected chi connectivity index (χ4v) is 8.03. The number of hydrogen-bond acceptors (Lipinski definition) is 0. The van der Waals surface area contributed by atoms with Crippen molar-refractivity contribution < 1.29 is 0 Å². The molecule has 0 unspecified atom stereocenters. The second kappa shape index (κ2) is 3.26. The molecule has 0 radical (unpaired) electrons. The lowest BCUT2D eigenvalue weighted by Crippen LogP contribution is -2.16. The number of rotatable bonds is 0. The minimum atomic E-state index is 0.988. The zero-order valence-electron chi connectivity index (χ0n) is 12.8. The molecule has 3 fully saturated rings. The minimum absolute atomic E-state index is 0.988. The van der Waals surface area contributed by atoms with Crippen molar-refractivity contribution in [2.45, 2.75) is 93.3 Å². The lowest BCUT2D eigenvalue weighted by atomic mass is 9.72. The summed E-state index contributed by atoms with van der Waals surface area (Å²) in [5, 5.41) is 0. The van der Waals surface area contributed by atoms with Crippen LogP contribution in [-0.2, 0) is 0 Å². The van der Waals surface area contributed by atoms with Crippen LogP contribution in [0.4, 0.5) is 0 Å². The molecule has 6 atom stereocenters. The summed E-state index contributed by atoms with van der Waals surface area (Å²) in [6.07, 6.45) is 13.7. The molecule has 0 aromatic heterocycles. The van der Waals surface area contributed by atoms with Gasteiger partial charge in [-0.05, 0) is 127 Å².